The van der Waals surface area contributed by atoms with Gasteiger partial charge in [-0.15, -0.1) is 0 Å². The lowest BCUT2D eigenvalue weighted by Gasteiger charge is -2.52. The van der Waals surface area contributed by atoms with E-state index in [1.807, 2.05) is 18.2 Å². The lowest BCUT2D eigenvalue weighted by Crippen LogP contribution is -2.55. The minimum atomic E-state index is -0.533. The molecule has 1 N–H and O–H groups in total. The molecule has 0 aromatic heterocycles. The molecule has 6 heteroatoms. The van der Waals surface area contributed by atoms with Gasteiger partial charge in [-0.2, -0.15) is 0 Å². The highest BCUT2D eigenvalue weighted by molar-refractivity contribution is 5.76. The molecule has 1 aromatic rings. The maximum Gasteiger partial charge on any atom is 0.311 e. The number of carbonyl (C=O) groups excluding carboxylic acids is 1. The molecule has 0 bridgehead atoms. The third-order valence-electron chi connectivity index (χ3n) is 8.82. The van der Waals surface area contributed by atoms with Gasteiger partial charge < -0.3 is 19.5 Å². The Labute approximate surface area is 191 Å². The highest BCUT2D eigenvalue weighted by atomic mass is 16.6. The van der Waals surface area contributed by atoms with E-state index in [9.17, 15) is 9.90 Å². The monoisotopic (exact) mass is 440 g/mol. The van der Waals surface area contributed by atoms with Crippen molar-refractivity contribution in [1.29, 1.82) is 0 Å². The number of allylic oxidation sites excluding steroid dienone is 1. The molecule has 0 radical (unpaired) electrons. The van der Waals surface area contributed by atoms with Crippen LogP contribution in [0.4, 0.5) is 5.69 Å². The summed E-state index contributed by atoms with van der Waals surface area (Å²) < 4.78 is 11.4. The highest BCUT2D eigenvalue weighted by Crippen LogP contribution is 2.56. The third kappa shape index (κ3) is 3.43. The molecule has 2 heterocycles. The Hall–Kier alpha value is -2.05. The second kappa shape index (κ2) is 8.38. The van der Waals surface area contributed by atoms with E-state index < -0.39 is 6.10 Å². The minimum absolute atomic E-state index is 0.113. The lowest BCUT2D eigenvalue weighted by atomic mass is 9.55. The number of aliphatic hydroxyl groups excluding tert-OH is 1. The van der Waals surface area contributed by atoms with Crippen LogP contribution in [0.3, 0.4) is 0 Å². The summed E-state index contributed by atoms with van der Waals surface area (Å²) in [6, 6.07) is 8.13. The first-order valence-electron chi connectivity index (χ1n) is 12.1. The molecule has 3 fully saturated rings. The van der Waals surface area contributed by atoms with Gasteiger partial charge in [0, 0.05) is 50.5 Å². The van der Waals surface area contributed by atoms with Gasteiger partial charge in [0.05, 0.1) is 24.8 Å². The molecular weight excluding hydrogens is 404 g/mol. The summed E-state index contributed by atoms with van der Waals surface area (Å²) in [6.45, 7) is 8.67. The predicted octanol–water partition coefficient (Wildman–Crippen LogP) is 3.10. The molecule has 2 saturated heterocycles. The van der Waals surface area contributed by atoms with Crippen molar-refractivity contribution in [2.75, 3.05) is 44.7 Å². The van der Waals surface area contributed by atoms with E-state index in [0.717, 1.165) is 56.9 Å². The number of hydrogen-bond donors (Lipinski definition) is 1. The van der Waals surface area contributed by atoms with Crippen molar-refractivity contribution in [3.05, 3.63) is 35.9 Å². The summed E-state index contributed by atoms with van der Waals surface area (Å²) in [4.78, 5) is 17.6. The number of rotatable bonds is 4. The number of aliphatic hydroxyl groups is 1. The lowest BCUT2D eigenvalue weighted by molar-refractivity contribution is -0.145. The molecule has 174 valence electrons. The maximum absolute atomic E-state index is 12.9. The van der Waals surface area contributed by atoms with Gasteiger partial charge in [-0.1, -0.05) is 37.6 Å². The number of esters is 1. The fourth-order valence-electron chi connectivity index (χ4n) is 6.61. The summed E-state index contributed by atoms with van der Waals surface area (Å²) in [5.74, 6) is 0.825. The summed E-state index contributed by atoms with van der Waals surface area (Å²) >= 11 is 0. The molecule has 1 saturated carbocycles. The summed E-state index contributed by atoms with van der Waals surface area (Å²) in [5, 5.41) is 11.6. The predicted molar refractivity (Wildman–Crippen MR) is 124 cm³/mol. The average Bonchev–Trinajstić information content (AvgIpc) is 3.11. The van der Waals surface area contributed by atoms with E-state index in [1.165, 1.54) is 5.57 Å². The summed E-state index contributed by atoms with van der Waals surface area (Å²) in [6.07, 6.45) is 4.52. The summed E-state index contributed by atoms with van der Waals surface area (Å²) in [7, 11) is 1.71. The normalized spacial score (nSPS) is 37.4. The Kier molecular flexibility index (Phi) is 5.70. The Morgan fingerprint density at radius 1 is 1.22 bits per heavy atom. The second-order valence-electron chi connectivity index (χ2n) is 10.3. The van der Waals surface area contributed by atoms with E-state index in [1.54, 1.807) is 7.11 Å². The zero-order valence-electron chi connectivity index (χ0n) is 19.5. The van der Waals surface area contributed by atoms with Crippen LogP contribution in [0.15, 0.2) is 35.9 Å². The molecule has 1 aromatic carbocycles. The number of piperazine rings is 1. The third-order valence-corrected chi connectivity index (χ3v) is 8.82. The van der Waals surface area contributed by atoms with Crippen molar-refractivity contribution in [2.45, 2.75) is 45.3 Å². The van der Waals surface area contributed by atoms with Crippen LogP contribution in [0.2, 0.25) is 0 Å². The number of hydrogen-bond acceptors (Lipinski definition) is 6. The minimum Gasteiger partial charge on any atom is -0.495 e. The number of methoxy groups -OCH3 is 1. The van der Waals surface area contributed by atoms with Gasteiger partial charge in [0.15, 0.2) is 0 Å². The van der Waals surface area contributed by atoms with E-state index in [4.69, 9.17) is 9.47 Å². The molecule has 0 spiro atoms. The van der Waals surface area contributed by atoms with Crippen LogP contribution in [0.5, 0.6) is 5.75 Å². The molecule has 4 aliphatic rings. The van der Waals surface area contributed by atoms with Gasteiger partial charge in [-0.25, -0.2) is 0 Å². The second-order valence-corrected chi connectivity index (χ2v) is 10.3. The number of carbonyl (C=O) groups is 1. The molecule has 32 heavy (non-hydrogen) atoms. The molecule has 2 aliphatic heterocycles. The average molecular weight is 441 g/mol. The Morgan fingerprint density at radius 3 is 2.72 bits per heavy atom. The zero-order chi connectivity index (χ0) is 22.5. The number of fused-ring (bicyclic) bond motifs is 2. The van der Waals surface area contributed by atoms with E-state index in [-0.39, 0.29) is 29.3 Å². The number of para-hydroxylation sites is 2. The fraction of sp³-hybridized carbons (Fsp3) is 0.654. The van der Waals surface area contributed by atoms with Crippen molar-refractivity contribution >= 4 is 11.7 Å². The van der Waals surface area contributed by atoms with Gasteiger partial charge in [0.2, 0.25) is 0 Å². The van der Waals surface area contributed by atoms with Crippen molar-refractivity contribution in [1.82, 2.24) is 4.90 Å². The number of benzene rings is 1. The summed E-state index contributed by atoms with van der Waals surface area (Å²) in [5.41, 5.74) is 2.17. The number of anilines is 1. The van der Waals surface area contributed by atoms with Gasteiger partial charge >= 0.3 is 5.97 Å². The largest absolute Gasteiger partial charge is 0.495 e. The molecule has 6 atom stereocenters. The highest BCUT2D eigenvalue weighted by Gasteiger charge is 2.59. The fourth-order valence-corrected chi connectivity index (χ4v) is 6.61. The number of nitrogens with zero attached hydrogens (tertiary/aromatic N) is 2. The Balaban J connectivity index is 1.28. The topological polar surface area (TPSA) is 62.2 Å². The van der Waals surface area contributed by atoms with Crippen LogP contribution in [0.25, 0.3) is 0 Å². The van der Waals surface area contributed by atoms with Crippen LogP contribution in [-0.2, 0) is 9.53 Å². The van der Waals surface area contributed by atoms with Crippen molar-refractivity contribution in [3.63, 3.8) is 0 Å². The molecular formula is C26H36N2O4. The number of ether oxygens (including phenoxy) is 2. The van der Waals surface area contributed by atoms with Crippen LogP contribution in [0, 0.1) is 23.2 Å². The molecule has 5 rings (SSSR count). The van der Waals surface area contributed by atoms with E-state index in [2.05, 4.69) is 35.8 Å². The molecule has 0 unspecified atom stereocenters. The van der Waals surface area contributed by atoms with Crippen LogP contribution in [-0.4, -0.2) is 68.0 Å². The van der Waals surface area contributed by atoms with Gasteiger partial charge in [-0.05, 0) is 30.9 Å². The Morgan fingerprint density at radius 2 is 1.97 bits per heavy atom. The molecule has 2 aliphatic carbocycles. The standard InChI is InChI=1S/C26H36N2O4/c1-17-7-6-8-18-15-22-23(24(29)26(17,18)2)19(25(30)32-22)16-27-11-13-28(14-12-27)20-9-4-5-10-21(20)31-3/h4-5,8-10,17,19,22-24,29H,6-7,11-16H2,1-3H3/t17-,19+,22+,23+,24+,26+/m0/s1. The van der Waals surface area contributed by atoms with E-state index in [0.29, 0.717) is 12.5 Å². The molecule has 6 nitrogen and oxygen atoms in total. The van der Waals surface area contributed by atoms with Crippen LogP contribution in [0.1, 0.15) is 33.1 Å². The SMILES string of the molecule is COc1ccccc1N1CCN(C[C@H]2C(=O)O[C@@H]3CC4=CCC[C@H](C)[C@@]4(C)[C@H](O)[C@@H]32)CC1. The first-order chi connectivity index (χ1) is 15.4. The first-order valence-corrected chi connectivity index (χ1v) is 12.1. The smallest absolute Gasteiger partial charge is 0.311 e. The van der Waals surface area contributed by atoms with Crippen LogP contribution < -0.4 is 9.64 Å². The van der Waals surface area contributed by atoms with Gasteiger partial charge in [-0.3, -0.25) is 9.69 Å². The van der Waals surface area contributed by atoms with Gasteiger partial charge in [0.25, 0.3) is 0 Å². The van der Waals surface area contributed by atoms with Gasteiger partial charge in [0.1, 0.15) is 11.9 Å². The maximum atomic E-state index is 12.9. The van der Waals surface area contributed by atoms with Crippen molar-refractivity contribution in [3.8, 4) is 5.75 Å². The van der Waals surface area contributed by atoms with Crippen LogP contribution >= 0.6 is 0 Å². The van der Waals surface area contributed by atoms with Crippen molar-refractivity contribution < 1.29 is 19.4 Å². The van der Waals surface area contributed by atoms with Crippen molar-refractivity contribution in [2.24, 2.45) is 23.2 Å². The zero-order valence-corrected chi connectivity index (χ0v) is 19.5. The quantitative estimate of drug-likeness (QED) is 0.574. The van der Waals surface area contributed by atoms with E-state index >= 15 is 0 Å². The Bertz CT molecular complexity index is 894. The molecule has 0 amide bonds. The first kappa shape index (κ1) is 21.8.